The van der Waals surface area contributed by atoms with Crippen molar-refractivity contribution in [3.05, 3.63) is 66.7 Å². The minimum absolute atomic E-state index is 0.0356. The lowest BCUT2D eigenvalue weighted by Crippen LogP contribution is -2.56. The second-order valence-corrected chi connectivity index (χ2v) is 11.4. The van der Waals surface area contributed by atoms with E-state index in [1.54, 1.807) is 25.3 Å². The molecule has 2 aromatic carbocycles. The van der Waals surface area contributed by atoms with E-state index in [1.165, 1.54) is 4.90 Å². The standard InChI is InChI=1S/C32H31BN4O7/c1-43-20-11-12-22-25(13-20)34-24(18-7-3-2-4-8-18)15-27(22)44-21-14-26-28(38)36-32(30(40)41)16-19(32)9-5-6-10-23(35-31(33)42)29(39)37(26)17-21/h2-5,7-9,11-13,15,19,21,23,26H,6,10,14,16-17H2,1H3,(H,35,42)(H,36,38)(H,40,41)/t19?,21-,23+,26+,32-/m1/s1. The van der Waals surface area contributed by atoms with Crippen molar-refractivity contribution < 1.29 is 33.8 Å². The number of rotatable bonds is 6. The second kappa shape index (κ2) is 11.7. The molecule has 6 rings (SSSR count). The van der Waals surface area contributed by atoms with E-state index in [0.717, 1.165) is 5.56 Å². The molecule has 5 atom stereocenters. The van der Waals surface area contributed by atoms with Crippen LogP contribution in [0, 0.1) is 5.92 Å². The fourth-order valence-electron chi connectivity index (χ4n) is 6.13. The molecular weight excluding hydrogens is 563 g/mol. The van der Waals surface area contributed by atoms with Crippen molar-refractivity contribution in [1.82, 2.24) is 20.5 Å². The van der Waals surface area contributed by atoms with E-state index in [1.807, 2.05) is 48.5 Å². The predicted octanol–water partition coefficient (Wildman–Crippen LogP) is 2.81. The van der Waals surface area contributed by atoms with E-state index in [4.69, 9.17) is 22.3 Å². The van der Waals surface area contributed by atoms with Gasteiger partial charge in [0.15, 0.2) is 5.81 Å². The van der Waals surface area contributed by atoms with Gasteiger partial charge in [-0.25, -0.2) is 9.78 Å². The first kappa shape index (κ1) is 29.2. The fraction of sp³-hybridized carbons (Fsp3) is 0.344. The van der Waals surface area contributed by atoms with Gasteiger partial charge in [-0.15, -0.1) is 0 Å². The van der Waals surface area contributed by atoms with Gasteiger partial charge in [-0.3, -0.25) is 14.4 Å². The smallest absolute Gasteiger partial charge is 0.330 e. The highest BCUT2D eigenvalue weighted by atomic mass is 16.5. The van der Waals surface area contributed by atoms with Crippen LogP contribution in [0.2, 0.25) is 0 Å². The van der Waals surface area contributed by atoms with Gasteiger partial charge in [0.2, 0.25) is 19.7 Å². The third kappa shape index (κ3) is 5.59. The Labute approximate surface area is 255 Å². The van der Waals surface area contributed by atoms with Crippen molar-refractivity contribution in [2.45, 2.75) is 49.4 Å². The highest BCUT2D eigenvalue weighted by Crippen LogP contribution is 2.45. The van der Waals surface area contributed by atoms with Crippen LogP contribution in [-0.2, 0) is 14.4 Å². The minimum Gasteiger partial charge on any atom is -0.497 e. The largest absolute Gasteiger partial charge is 0.497 e. The number of methoxy groups -OCH3 is 1. The van der Waals surface area contributed by atoms with Crippen LogP contribution in [0.4, 0.5) is 4.79 Å². The fourth-order valence-corrected chi connectivity index (χ4v) is 6.13. The number of aliphatic carboxylic acids is 1. The number of aromatic nitrogens is 1. The Morgan fingerprint density at radius 3 is 2.68 bits per heavy atom. The third-order valence-electron chi connectivity index (χ3n) is 8.54. The molecule has 0 spiro atoms. The maximum absolute atomic E-state index is 13.8. The summed E-state index contributed by atoms with van der Waals surface area (Å²) in [6, 6.07) is 14.9. The van der Waals surface area contributed by atoms with Crippen LogP contribution in [-0.4, -0.2) is 83.8 Å². The molecule has 224 valence electrons. The Kier molecular flexibility index (Phi) is 7.75. The molecule has 1 aliphatic carbocycles. The predicted molar refractivity (Wildman–Crippen MR) is 161 cm³/mol. The summed E-state index contributed by atoms with van der Waals surface area (Å²) >= 11 is 0. The first-order chi connectivity index (χ1) is 21.2. The molecule has 2 aliphatic heterocycles. The van der Waals surface area contributed by atoms with Gasteiger partial charge < -0.3 is 30.1 Å². The van der Waals surface area contributed by atoms with Crippen LogP contribution in [0.5, 0.6) is 11.5 Å². The number of carboxylic acid groups (broad SMARTS) is 1. The molecule has 1 saturated heterocycles. The lowest BCUT2D eigenvalue weighted by Gasteiger charge is -2.29. The molecule has 11 nitrogen and oxygen atoms in total. The number of hydrogen-bond acceptors (Lipinski definition) is 7. The second-order valence-electron chi connectivity index (χ2n) is 11.4. The monoisotopic (exact) mass is 594 g/mol. The maximum Gasteiger partial charge on any atom is 0.330 e. The molecular formula is C32H31BN4O7. The zero-order valence-electron chi connectivity index (χ0n) is 24.1. The first-order valence-corrected chi connectivity index (χ1v) is 14.5. The van der Waals surface area contributed by atoms with Crippen LogP contribution in [0.15, 0.2) is 66.7 Å². The Balaban J connectivity index is 1.35. The number of allylic oxidation sites excluding steroid dienone is 1. The number of hydrogen-bond donors (Lipinski definition) is 3. The summed E-state index contributed by atoms with van der Waals surface area (Å²) in [4.78, 5) is 57.6. The lowest BCUT2D eigenvalue weighted by atomic mass is 10.0. The molecule has 3 heterocycles. The zero-order valence-corrected chi connectivity index (χ0v) is 24.1. The molecule has 1 aromatic heterocycles. The van der Waals surface area contributed by atoms with Crippen LogP contribution in [0.1, 0.15) is 25.7 Å². The van der Waals surface area contributed by atoms with Crippen LogP contribution in [0.25, 0.3) is 22.2 Å². The van der Waals surface area contributed by atoms with Crippen molar-refractivity contribution in [3.63, 3.8) is 0 Å². The van der Waals surface area contributed by atoms with Gasteiger partial charge in [0.1, 0.15) is 35.2 Å². The van der Waals surface area contributed by atoms with Gasteiger partial charge in [-0.1, -0.05) is 42.5 Å². The van der Waals surface area contributed by atoms with Crippen molar-refractivity contribution in [2.24, 2.45) is 5.92 Å². The molecule has 3 amide bonds. The number of pyridine rings is 1. The molecule has 0 bridgehead atoms. The van der Waals surface area contributed by atoms with Gasteiger partial charge >= 0.3 is 5.97 Å². The van der Waals surface area contributed by atoms with E-state index < -0.39 is 47.3 Å². The van der Waals surface area contributed by atoms with E-state index in [2.05, 4.69) is 10.6 Å². The minimum atomic E-state index is -1.42. The molecule has 3 aromatic rings. The number of nitrogens with one attached hydrogen (secondary N) is 2. The summed E-state index contributed by atoms with van der Waals surface area (Å²) < 4.78 is 11.9. The molecule has 2 fully saturated rings. The summed E-state index contributed by atoms with van der Waals surface area (Å²) in [6.07, 6.45) is 3.89. The molecule has 2 radical (unpaired) electrons. The maximum atomic E-state index is 13.8. The number of carbonyl (C=O) groups is 4. The zero-order chi connectivity index (χ0) is 31.0. The number of carbonyl (C=O) groups excluding carboxylic acids is 3. The molecule has 1 unspecified atom stereocenters. The van der Waals surface area contributed by atoms with Crippen molar-refractivity contribution in [3.8, 4) is 22.8 Å². The Morgan fingerprint density at radius 2 is 1.95 bits per heavy atom. The number of fused-ring (bicyclic) bond motifs is 3. The highest BCUT2D eigenvalue weighted by molar-refractivity contribution is 6.57. The first-order valence-electron chi connectivity index (χ1n) is 14.5. The lowest BCUT2D eigenvalue weighted by molar-refractivity contribution is -0.145. The van der Waals surface area contributed by atoms with E-state index in [0.29, 0.717) is 34.5 Å². The van der Waals surface area contributed by atoms with Crippen molar-refractivity contribution >= 4 is 42.3 Å². The molecule has 1 saturated carbocycles. The SMILES string of the molecule is [B]C(=O)N[C@H]1CCC=CC2C[C@@]2(C(=O)O)NC(=O)[C@@H]2C[C@@H](Oc3cc(-c4ccccc4)nc4cc(OC)ccc34)CN2C1=O. The summed E-state index contributed by atoms with van der Waals surface area (Å²) in [6.45, 7) is 0.0356. The van der Waals surface area contributed by atoms with Crippen LogP contribution >= 0.6 is 0 Å². The summed E-state index contributed by atoms with van der Waals surface area (Å²) in [7, 11) is 6.96. The number of benzene rings is 2. The normalized spacial score (nSPS) is 26.4. The number of amides is 3. The summed E-state index contributed by atoms with van der Waals surface area (Å²) in [5.41, 5.74) is 0.762. The van der Waals surface area contributed by atoms with Crippen LogP contribution in [0.3, 0.4) is 0 Å². The van der Waals surface area contributed by atoms with Crippen LogP contribution < -0.4 is 20.1 Å². The Bertz CT molecular complexity index is 1670. The number of carboxylic acids is 1. The average molecular weight is 594 g/mol. The number of nitrogens with zero attached hydrogens (tertiary/aromatic N) is 2. The van der Waals surface area contributed by atoms with Gasteiger partial charge in [0, 0.05) is 35.4 Å². The topological polar surface area (TPSA) is 147 Å². The van der Waals surface area contributed by atoms with E-state index in [9.17, 15) is 24.3 Å². The number of ether oxygens (including phenoxy) is 2. The van der Waals surface area contributed by atoms with Crippen molar-refractivity contribution in [2.75, 3.05) is 13.7 Å². The molecule has 12 heteroatoms. The Morgan fingerprint density at radius 1 is 1.16 bits per heavy atom. The third-order valence-corrected chi connectivity index (χ3v) is 8.54. The molecule has 44 heavy (non-hydrogen) atoms. The molecule has 3 aliphatic rings. The quantitative estimate of drug-likeness (QED) is 0.292. The summed E-state index contributed by atoms with van der Waals surface area (Å²) in [5.74, 6) is -2.30. The van der Waals surface area contributed by atoms with Gasteiger partial charge in [-0.2, -0.15) is 0 Å². The van der Waals surface area contributed by atoms with Gasteiger partial charge in [-0.05, 0) is 31.4 Å². The van der Waals surface area contributed by atoms with Gasteiger partial charge in [0.25, 0.3) is 0 Å². The van der Waals surface area contributed by atoms with Crippen molar-refractivity contribution in [1.29, 1.82) is 0 Å². The Hall–Kier alpha value is -4.87. The summed E-state index contributed by atoms with van der Waals surface area (Å²) in [5, 5.41) is 15.9. The highest BCUT2D eigenvalue weighted by Gasteiger charge is 2.61. The van der Waals surface area contributed by atoms with E-state index in [-0.39, 0.29) is 31.7 Å². The van der Waals surface area contributed by atoms with E-state index >= 15 is 0 Å². The average Bonchev–Trinajstić information content (AvgIpc) is 3.55. The molecule has 3 N–H and O–H groups in total. The van der Waals surface area contributed by atoms with Gasteiger partial charge in [0.05, 0.1) is 24.9 Å².